The van der Waals surface area contributed by atoms with Gasteiger partial charge in [0.25, 0.3) is 5.91 Å². The average molecular weight is 461 g/mol. The van der Waals surface area contributed by atoms with Crippen LogP contribution in [-0.2, 0) is 9.53 Å². The van der Waals surface area contributed by atoms with Crippen molar-refractivity contribution in [3.63, 3.8) is 0 Å². The van der Waals surface area contributed by atoms with Gasteiger partial charge in [0.2, 0.25) is 0 Å². The fourth-order valence-corrected chi connectivity index (χ4v) is 3.82. The van der Waals surface area contributed by atoms with Crippen LogP contribution in [0.25, 0.3) is 6.08 Å². The molecule has 6 nitrogen and oxygen atoms in total. The van der Waals surface area contributed by atoms with Crippen LogP contribution in [0.3, 0.4) is 0 Å². The topological polar surface area (TPSA) is 79.2 Å². The smallest absolute Gasteiger partial charge is 0.338 e. The second-order valence-corrected chi connectivity index (χ2v) is 7.77. The first-order chi connectivity index (χ1) is 13.4. The number of aliphatic imine (C=N–C) groups is 1. The second kappa shape index (κ2) is 8.62. The molecule has 1 saturated heterocycles. The van der Waals surface area contributed by atoms with E-state index >= 15 is 0 Å². The summed E-state index contributed by atoms with van der Waals surface area (Å²) in [5.74, 6) is -0.553. The number of hydrogen-bond acceptors (Lipinski definition) is 6. The van der Waals surface area contributed by atoms with Gasteiger partial charge in [-0.3, -0.25) is 9.69 Å². The summed E-state index contributed by atoms with van der Waals surface area (Å²) >= 11 is 4.55. The maximum Gasteiger partial charge on any atom is 0.338 e. The molecule has 2 aromatic rings. The number of nitrogens with zero attached hydrogens (tertiary/aromatic N) is 2. The molecule has 0 saturated carbocycles. The molecular weight excluding hydrogens is 444 g/mol. The van der Waals surface area contributed by atoms with Crippen molar-refractivity contribution in [2.45, 2.75) is 6.92 Å². The van der Waals surface area contributed by atoms with Crippen LogP contribution in [0.4, 0.5) is 5.69 Å². The molecule has 0 aromatic heterocycles. The van der Waals surface area contributed by atoms with Gasteiger partial charge >= 0.3 is 5.97 Å². The zero-order valence-corrected chi connectivity index (χ0v) is 17.6. The van der Waals surface area contributed by atoms with Crippen LogP contribution in [0, 0.1) is 0 Å². The zero-order valence-electron chi connectivity index (χ0n) is 15.2. The van der Waals surface area contributed by atoms with Crippen molar-refractivity contribution < 1.29 is 19.4 Å². The van der Waals surface area contributed by atoms with Crippen molar-refractivity contribution in [3.05, 3.63) is 63.0 Å². The van der Waals surface area contributed by atoms with E-state index in [0.717, 1.165) is 4.47 Å². The molecule has 1 fully saturated rings. The van der Waals surface area contributed by atoms with E-state index < -0.39 is 5.97 Å². The number of amides is 1. The molecule has 1 aliphatic heterocycles. The third-order valence-electron chi connectivity index (χ3n) is 3.86. The van der Waals surface area contributed by atoms with Gasteiger partial charge in [0, 0.05) is 17.1 Å². The quantitative estimate of drug-likeness (QED) is 0.533. The van der Waals surface area contributed by atoms with Gasteiger partial charge in [-0.05, 0) is 61.2 Å². The SMILES string of the molecule is CCOC(=O)c1cccc(N=C2SC(=Cc3cc(Br)ccc3O)C(=O)N2C)c1. The van der Waals surface area contributed by atoms with E-state index in [1.807, 2.05) is 0 Å². The van der Waals surface area contributed by atoms with Crippen molar-refractivity contribution in [1.82, 2.24) is 4.90 Å². The molecular formula is C20H17BrN2O4S. The van der Waals surface area contributed by atoms with Gasteiger partial charge in [-0.1, -0.05) is 22.0 Å². The van der Waals surface area contributed by atoms with Gasteiger partial charge in [-0.2, -0.15) is 0 Å². The molecule has 0 aliphatic carbocycles. The Kier molecular flexibility index (Phi) is 6.21. The lowest BCUT2D eigenvalue weighted by molar-refractivity contribution is -0.121. The number of likely N-dealkylation sites (N-methyl/N-ethyl adjacent to an activating group) is 1. The molecule has 3 rings (SSSR count). The first-order valence-corrected chi connectivity index (χ1v) is 10.0. The molecule has 0 unspecified atom stereocenters. The first-order valence-electron chi connectivity index (χ1n) is 8.41. The maximum atomic E-state index is 12.6. The summed E-state index contributed by atoms with van der Waals surface area (Å²) in [7, 11) is 1.63. The van der Waals surface area contributed by atoms with E-state index in [2.05, 4.69) is 20.9 Å². The number of halogens is 1. The average Bonchev–Trinajstić information content (AvgIpc) is 2.93. The summed E-state index contributed by atoms with van der Waals surface area (Å²) in [5.41, 5.74) is 1.47. The third kappa shape index (κ3) is 4.45. The van der Waals surface area contributed by atoms with E-state index in [0.29, 0.717) is 33.5 Å². The minimum absolute atomic E-state index is 0.0827. The van der Waals surface area contributed by atoms with Crippen LogP contribution < -0.4 is 0 Å². The van der Waals surface area contributed by atoms with Crippen molar-refractivity contribution in [2.75, 3.05) is 13.7 Å². The van der Waals surface area contributed by atoms with E-state index in [1.165, 1.54) is 16.7 Å². The first kappa shape index (κ1) is 20.2. The van der Waals surface area contributed by atoms with Crippen molar-refractivity contribution in [1.29, 1.82) is 0 Å². The molecule has 0 spiro atoms. The summed E-state index contributed by atoms with van der Waals surface area (Å²) < 4.78 is 5.80. The van der Waals surface area contributed by atoms with Gasteiger partial charge < -0.3 is 9.84 Å². The Morgan fingerprint density at radius 1 is 1.32 bits per heavy atom. The molecule has 1 N–H and O–H groups in total. The van der Waals surface area contributed by atoms with E-state index in [4.69, 9.17) is 4.74 Å². The number of benzene rings is 2. The van der Waals surface area contributed by atoms with E-state index in [1.54, 1.807) is 62.5 Å². The summed E-state index contributed by atoms with van der Waals surface area (Å²) in [6.07, 6.45) is 1.63. The molecule has 144 valence electrons. The number of carbonyl (C=O) groups is 2. The normalized spacial score (nSPS) is 16.8. The van der Waals surface area contributed by atoms with Crippen molar-refractivity contribution in [3.8, 4) is 5.75 Å². The molecule has 28 heavy (non-hydrogen) atoms. The van der Waals surface area contributed by atoms with Crippen LogP contribution in [-0.4, -0.2) is 40.7 Å². The Bertz CT molecular complexity index is 1000. The molecule has 1 heterocycles. The summed E-state index contributed by atoms with van der Waals surface area (Å²) in [5, 5.41) is 10.5. The maximum absolute atomic E-state index is 12.6. The molecule has 1 aliphatic rings. The van der Waals surface area contributed by atoms with Crippen LogP contribution in [0.2, 0.25) is 0 Å². The standard InChI is InChI=1S/C20H17BrN2O4S/c1-3-27-19(26)12-5-4-6-15(10-12)22-20-23(2)18(25)17(28-20)11-13-9-14(21)7-8-16(13)24/h4-11,24H,3H2,1-2H3. The number of amidine groups is 1. The van der Waals surface area contributed by atoms with Crippen LogP contribution in [0.1, 0.15) is 22.8 Å². The van der Waals surface area contributed by atoms with Crippen molar-refractivity contribution >= 4 is 56.5 Å². The minimum Gasteiger partial charge on any atom is -0.507 e. The number of aromatic hydroxyl groups is 1. The fraction of sp³-hybridized carbons (Fsp3) is 0.150. The number of rotatable bonds is 4. The number of carbonyl (C=O) groups excluding carboxylic acids is 2. The summed E-state index contributed by atoms with van der Waals surface area (Å²) in [6.45, 7) is 2.04. The number of esters is 1. The third-order valence-corrected chi connectivity index (χ3v) is 5.42. The lowest BCUT2D eigenvalue weighted by atomic mass is 10.2. The van der Waals surface area contributed by atoms with Gasteiger partial charge in [0.05, 0.1) is 22.8 Å². The molecule has 1 amide bonds. The Labute approximate surface area is 175 Å². The summed E-state index contributed by atoms with van der Waals surface area (Å²) in [6, 6.07) is 11.7. The number of ether oxygens (including phenoxy) is 1. The zero-order chi connectivity index (χ0) is 20.3. The molecule has 2 aromatic carbocycles. The Hall–Kier alpha value is -2.58. The molecule has 8 heteroatoms. The number of phenolic OH excluding ortho intramolecular Hbond substituents is 1. The van der Waals surface area contributed by atoms with Gasteiger partial charge in [0.1, 0.15) is 5.75 Å². The Morgan fingerprint density at radius 3 is 2.86 bits per heavy atom. The highest BCUT2D eigenvalue weighted by Crippen LogP contribution is 2.35. The van der Waals surface area contributed by atoms with Crippen molar-refractivity contribution in [2.24, 2.45) is 4.99 Å². The fourth-order valence-electron chi connectivity index (χ4n) is 2.46. The highest BCUT2D eigenvalue weighted by molar-refractivity contribution is 9.10. The van der Waals surface area contributed by atoms with Crippen LogP contribution in [0.15, 0.2) is 56.8 Å². The van der Waals surface area contributed by atoms with Gasteiger partial charge in [0.15, 0.2) is 5.17 Å². The van der Waals surface area contributed by atoms with E-state index in [9.17, 15) is 14.7 Å². The van der Waals surface area contributed by atoms with Crippen LogP contribution in [0.5, 0.6) is 5.75 Å². The highest BCUT2D eigenvalue weighted by Gasteiger charge is 2.30. The van der Waals surface area contributed by atoms with Gasteiger partial charge in [-0.25, -0.2) is 9.79 Å². The molecule has 0 bridgehead atoms. The van der Waals surface area contributed by atoms with Gasteiger partial charge in [-0.15, -0.1) is 0 Å². The lowest BCUT2D eigenvalue weighted by Gasteiger charge is -2.07. The number of thioether (sulfide) groups is 1. The van der Waals surface area contributed by atoms with Crippen LogP contribution >= 0.6 is 27.7 Å². The Balaban J connectivity index is 1.89. The molecule has 0 atom stereocenters. The lowest BCUT2D eigenvalue weighted by Crippen LogP contribution is -2.23. The number of phenols is 1. The van der Waals surface area contributed by atoms with E-state index in [-0.39, 0.29) is 11.7 Å². The monoisotopic (exact) mass is 460 g/mol. The minimum atomic E-state index is -0.418. The predicted molar refractivity (Wildman–Crippen MR) is 114 cm³/mol. The summed E-state index contributed by atoms with van der Waals surface area (Å²) in [4.78, 5) is 30.8. The predicted octanol–water partition coefficient (Wildman–Crippen LogP) is 4.57. The number of hydrogen-bond donors (Lipinski definition) is 1. The molecule has 0 radical (unpaired) electrons. The highest BCUT2D eigenvalue weighted by atomic mass is 79.9. The largest absolute Gasteiger partial charge is 0.507 e. The second-order valence-electron chi connectivity index (χ2n) is 5.84. The Morgan fingerprint density at radius 2 is 2.11 bits per heavy atom.